The molecule has 0 saturated heterocycles. The fourth-order valence-corrected chi connectivity index (χ4v) is 4.96. The highest BCUT2D eigenvalue weighted by molar-refractivity contribution is 6.13. The average Bonchev–Trinajstić information content (AvgIpc) is 2.95. The fraction of sp³-hybridized carbons (Fsp3) is 0.0588. The van der Waals surface area contributed by atoms with Crippen LogP contribution in [0.1, 0.15) is 11.1 Å². The first-order chi connectivity index (χ1) is 17.9. The highest BCUT2D eigenvalue weighted by atomic mass is 14.9. The lowest BCUT2D eigenvalue weighted by atomic mass is 9.90. The Balaban J connectivity index is 1.53. The Bertz CT molecular complexity index is 1500. The molecule has 0 bridgehead atoms. The van der Waals surface area contributed by atoms with Gasteiger partial charge in [0.25, 0.3) is 0 Å². The third-order valence-corrected chi connectivity index (χ3v) is 6.76. The Morgan fingerprint density at radius 1 is 0.361 bits per heavy atom. The number of hydrogen-bond acceptors (Lipinski definition) is 2. The van der Waals surface area contributed by atoms with Crippen LogP contribution >= 0.6 is 0 Å². The minimum Gasteiger partial charge on any atom is -0.380 e. The highest BCUT2D eigenvalue weighted by Gasteiger charge is 2.17. The second-order valence-corrected chi connectivity index (χ2v) is 9.10. The summed E-state index contributed by atoms with van der Waals surface area (Å²) in [6.07, 6.45) is 0. The molecule has 2 nitrogen and oxygen atoms in total. The van der Waals surface area contributed by atoms with Gasteiger partial charge < -0.3 is 10.6 Å². The smallest absolute Gasteiger partial charge is 0.0430 e. The second kappa shape index (κ2) is 9.97. The third kappa shape index (κ3) is 4.42. The van der Waals surface area contributed by atoms with Crippen molar-refractivity contribution in [2.75, 3.05) is 10.6 Å². The number of fused-ring (bicyclic) bond motifs is 2. The molecule has 36 heavy (non-hydrogen) atoms. The molecule has 6 aromatic rings. The van der Waals surface area contributed by atoms with Crippen LogP contribution in [0.4, 0.5) is 11.4 Å². The molecule has 0 radical (unpaired) electrons. The molecule has 0 atom stereocenters. The summed E-state index contributed by atoms with van der Waals surface area (Å²) >= 11 is 0. The van der Waals surface area contributed by atoms with Gasteiger partial charge in [0.15, 0.2) is 0 Å². The first kappa shape index (κ1) is 21.9. The summed E-state index contributed by atoms with van der Waals surface area (Å²) in [5.74, 6) is 0. The van der Waals surface area contributed by atoms with Gasteiger partial charge in [0.1, 0.15) is 0 Å². The molecule has 0 aliphatic heterocycles. The van der Waals surface area contributed by atoms with Gasteiger partial charge in [-0.05, 0) is 44.8 Å². The molecule has 0 spiro atoms. The summed E-state index contributed by atoms with van der Waals surface area (Å²) < 4.78 is 0. The molecule has 0 unspecified atom stereocenters. The van der Waals surface area contributed by atoms with E-state index in [9.17, 15) is 0 Å². The van der Waals surface area contributed by atoms with Crippen LogP contribution in [0.2, 0.25) is 0 Å². The van der Waals surface area contributed by atoms with E-state index in [0.717, 1.165) is 24.5 Å². The molecular formula is C34H28N2. The van der Waals surface area contributed by atoms with Gasteiger partial charge in [0.05, 0.1) is 0 Å². The van der Waals surface area contributed by atoms with Crippen molar-refractivity contribution in [3.63, 3.8) is 0 Å². The molecule has 0 aliphatic carbocycles. The number of hydrogen-bond donors (Lipinski definition) is 2. The van der Waals surface area contributed by atoms with Crippen LogP contribution in [-0.2, 0) is 13.1 Å². The molecule has 0 heterocycles. The minimum atomic E-state index is 0.768. The van der Waals surface area contributed by atoms with Gasteiger partial charge >= 0.3 is 0 Å². The third-order valence-electron chi connectivity index (χ3n) is 6.76. The van der Waals surface area contributed by atoms with Crippen LogP contribution < -0.4 is 10.6 Å². The number of nitrogens with one attached hydrogen (secondary N) is 2. The lowest BCUT2D eigenvalue weighted by Crippen LogP contribution is -2.04. The highest BCUT2D eigenvalue weighted by Crippen LogP contribution is 2.43. The van der Waals surface area contributed by atoms with Crippen molar-refractivity contribution < 1.29 is 0 Å². The van der Waals surface area contributed by atoms with Crippen molar-refractivity contribution >= 4 is 32.9 Å². The molecule has 6 rings (SSSR count). The van der Waals surface area contributed by atoms with Crippen LogP contribution in [0.25, 0.3) is 32.7 Å². The van der Waals surface area contributed by atoms with Gasteiger partial charge in [-0.25, -0.2) is 0 Å². The normalized spacial score (nSPS) is 11.0. The number of rotatable bonds is 7. The molecule has 0 fully saturated rings. The van der Waals surface area contributed by atoms with Gasteiger partial charge in [-0.1, -0.05) is 121 Å². The van der Waals surface area contributed by atoms with Crippen LogP contribution in [0.3, 0.4) is 0 Å². The van der Waals surface area contributed by atoms with Crippen LogP contribution in [0, 0.1) is 0 Å². The summed E-state index contributed by atoms with van der Waals surface area (Å²) in [5, 5.41) is 12.5. The molecule has 2 heteroatoms. The zero-order valence-electron chi connectivity index (χ0n) is 20.1. The molecule has 0 amide bonds. The van der Waals surface area contributed by atoms with Gasteiger partial charge in [-0.2, -0.15) is 0 Å². The van der Waals surface area contributed by atoms with Gasteiger partial charge in [-0.3, -0.25) is 0 Å². The van der Waals surface area contributed by atoms with E-state index in [2.05, 4.69) is 144 Å². The predicted octanol–water partition coefficient (Wildman–Crippen LogP) is 8.88. The van der Waals surface area contributed by atoms with E-state index in [0.29, 0.717) is 0 Å². The Labute approximate surface area is 212 Å². The van der Waals surface area contributed by atoms with E-state index >= 15 is 0 Å². The van der Waals surface area contributed by atoms with Crippen molar-refractivity contribution in [2.24, 2.45) is 0 Å². The molecule has 6 aromatic carbocycles. The van der Waals surface area contributed by atoms with Gasteiger partial charge in [0, 0.05) is 35.6 Å². The van der Waals surface area contributed by atoms with E-state index in [4.69, 9.17) is 0 Å². The monoisotopic (exact) mass is 464 g/mol. The van der Waals surface area contributed by atoms with Crippen molar-refractivity contribution in [2.45, 2.75) is 13.1 Å². The fourth-order valence-electron chi connectivity index (χ4n) is 4.96. The summed E-state index contributed by atoms with van der Waals surface area (Å²) in [4.78, 5) is 0. The summed E-state index contributed by atoms with van der Waals surface area (Å²) in [6.45, 7) is 1.54. The van der Waals surface area contributed by atoms with Gasteiger partial charge in [0.2, 0.25) is 0 Å². The number of benzene rings is 6. The number of anilines is 2. The van der Waals surface area contributed by atoms with Crippen molar-refractivity contribution in [1.82, 2.24) is 0 Å². The minimum absolute atomic E-state index is 0.768. The molecule has 0 aliphatic rings. The Kier molecular flexibility index (Phi) is 6.08. The van der Waals surface area contributed by atoms with Crippen molar-refractivity contribution in [3.05, 3.63) is 145 Å². The Hall–Kier alpha value is -4.56. The Morgan fingerprint density at radius 3 is 1.19 bits per heavy atom. The van der Waals surface area contributed by atoms with Crippen molar-refractivity contribution in [3.8, 4) is 11.1 Å². The molecule has 0 saturated carbocycles. The zero-order valence-corrected chi connectivity index (χ0v) is 20.1. The molecular weight excluding hydrogens is 436 g/mol. The van der Waals surface area contributed by atoms with Crippen LogP contribution in [0.5, 0.6) is 0 Å². The maximum Gasteiger partial charge on any atom is 0.0430 e. The summed E-state index contributed by atoms with van der Waals surface area (Å²) in [6, 6.07) is 47.4. The summed E-state index contributed by atoms with van der Waals surface area (Å²) in [7, 11) is 0. The second-order valence-electron chi connectivity index (χ2n) is 9.10. The van der Waals surface area contributed by atoms with Crippen LogP contribution in [-0.4, -0.2) is 0 Å². The van der Waals surface area contributed by atoms with Crippen molar-refractivity contribution in [1.29, 1.82) is 0 Å². The average molecular weight is 465 g/mol. The quantitative estimate of drug-likeness (QED) is 0.246. The van der Waals surface area contributed by atoms with E-state index in [-0.39, 0.29) is 0 Å². The lowest BCUT2D eigenvalue weighted by molar-refractivity contribution is 1.15. The predicted molar refractivity (Wildman–Crippen MR) is 154 cm³/mol. The SMILES string of the molecule is c1ccc(CNc2ccc3ccccc3c2-c2c(NCc3ccccc3)ccc3ccccc23)cc1. The van der Waals surface area contributed by atoms with E-state index in [1.807, 2.05) is 0 Å². The zero-order chi connectivity index (χ0) is 24.2. The maximum absolute atomic E-state index is 3.76. The summed E-state index contributed by atoms with van der Waals surface area (Å²) in [5.41, 5.74) is 7.26. The topological polar surface area (TPSA) is 24.1 Å². The van der Waals surface area contributed by atoms with Crippen LogP contribution in [0.15, 0.2) is 133 Å². The van der Waals surface area contributed by atoms with E-state index < -0.39 is 0 Å². The largest absolute Gasteiger partial charge is 0.380 e. The lowest BCUT2D eigenvalue weighted by Gasteiger charge is -2.21. The van der Waals surface area contributed by atoms with E-state index in [1.54, 1.807) is 0 Å². The standard InChI is InChI=1S/C34H28N2/c1-3-11-25(12-4-1)23-35-31-21-19-27-15-7-9-17-29(27)33(31)34-30-18-10-8-16-28(30)20-22-32(34)36-24-26-13-5-2-6-14-26/h1-22,35-36H,23-24H2. The Morgan fingerprint density at radius 2 is 0.750 bits per heavy atom. The molecule has 2 N–H and O–H groups in total. The van der Waals surface area contributed by atoms with Gasteiger partial charge in [-0.15, -0.1) is 0 Å². The first-order valence-corrected chi connectivity index (χ1v) is 12.5. The van der Waals surface area contributed by atoms with E-state index in [1.165, 1.54) is 43.8 Å². The maximum atomic E-state index is 3.76. The molecule has 0 aromatic heterocycles. The molecule has 174 valence electrons. The first-order valence-electron chi connectivity index (χ1n) is 12.5.